The van der Waals surface area contributed by atoms with Crippen molar-refractivity contribution in [3.05, 3.63) is 0 Å². The molecule has 0 aromatic heterocycles. The second-order valence-corrected chi connectivity index (χ2v) is 2.11. The van der Waals surface area contributed by atoms with Crippen molar-refractivity contribution in [1.29, 1.82) is 0 Å². The first-order chi connectivity index (χ1) is 5.68. The Kier molecular flexibility index (Phi) is 3.56. The van der Waals surface area contributed by atoms with E-state index < -0.39 is 30.7 Å². The van der Waals surface area contributed by atoms with Crippen molar-refractivity contribution in [1.82, 2.24) is 0 Å². The van der Waals surface area contributed by atoms with Crippen LogP contribution in [0.5, 0.6) is 0 Å². The molecule has 0 aliphatic carbocycles. The van der Waals surface area contributed by atoms with Crippen molar-refractivity contribution in [2.45, 2.75) is 24.7 Å². The molecule has 0 aromatic carbocycles. The monoisotopic (exact) mass is 209 g/mol. The Morgan fingerprint density at radius 3 is 1.77 bits per heavy atom. The number of aliphatic carboxylic acids is 1. The van der Waals surface area contributed by atoms with Gasteiger partial charge in [-0.3, -0.25) is 0 Å². The smallest absolute Gasteiger partial charge is 0.422 e. The Balaban J connectivity index is 4.42. The zero-order valence-corrected chi connectivity index (χ0v) is 5.82. The van der Waals surface area contributed by atoms with E-state index in [1.54, 1.807) is 0 Å². The molecule has 0 aliphatic heterocycles. The zero-order valence-electron chi connectivity index (χ0n) is 5.82. The lowest BCUT2D eigenvalue weighted by atomic mass is 10.1. The molecule has 13 heavy (non-hydrogen) atoms. The predicted octanol–water partition coefficient (Wildman–Crippen LogP) is 0.313. The summed E-state index contributed by atoms with van der Waals surface area (Å²) in [6.45, 7) is 0. The summed E-state index contributed by atoms with van der Waals surface area (Å²) < 4.78 is 69.8. The molecule has 0 bridgehead atoms. The first-order valence-electron chi connectivity index (χ1n) is 2.87. The SMILES string of the molecule is O=C([O-])C(F)C(F)C(F)C(F)(F)F. The molecule has 0 spiro atoms. The van der Waals surface area contributed by atoms with Crippen molar-refractivity contribution >= 4 is 5.97 Å². The third-order valence-corrected chi connectivity index (χ3v) is 1.10. The molecule has 0 aromatic rings. The number of carboxylic acids is 1. The van der Waals surface area contributed by atoms with Crippen LogP contribution in [0.25, 0.3) is 0 Å². The maximum atomic E-state index is 12.0. The third-order valence-electron chi connectivity index (χ3n) is 1.10. The molecule has 2 nitrogen and oxygen atoms in total. The summed E-state index contributed by atoms with van der Waals surface area (Å²) in [6, 6.07) is 0. The second kappa shape index (κ2) is 3.84. The zero-order chi connectivity index (χ0) is 10.8. The summed E-state index contributed by atoms with van der Waals surface area (Å²) in [6.07, 6.45) is -17.2. The highest BCUT2D eigenvalue weighted by molar-refractivity contribution is 5.70. The van der Waals surface area contributed by atoms with Crippen LogP contribution in [0.2, 0.25) is 0 Å². The van der Waals surface area contributed by atoms with Crippen LogP contribution in [0, 0.1) is 0 Å². The topological polar surface area (TPSA) is 40.1 Å². The summed E-state index contributed by atoms with van der Waals surface area (Å²) in [5.74, 6) is -2.72. The first kappa shape index (κ1) is 12.0. The van der Waals surface area contributed by atoms with Crippen molar-refractivity contribution in [2.24, 2.45) is 0 Å². The molecule has 3 atom stereocenters. The fourth-order valence-electron chi connectivity index (χ4n) is 0.459. The van der Waals surface area contributed by atoms with E-state index in [1.165, 1.54) is 0 Å². The predicted molar refractivity (Wildman–Crippen MR) is 25.8 cm³/mol. The minimum absolute atomic E-state index is 2.72. The number of carbonyl (C=O) groups is 1. The van der Waals surface area contributed by atoms with Gasteiger partial charge in [0, 0.05) is 0 Å². The van der Waals surface area contributed by atoms with Gasteiger partial charge in [0.25, 0.3) is 0 Å². The second-order valence-electron chi connectivity index (χ2n) is 2.11. The molecule has 0 amide bonds. The number of carbonyl (C=O) groups excluding carboxylic acids is 1. The highest BCUT2D eigenvalue weighted by Crippen LogP contribution is 2.28. The Bertz CT molecular complexity index is 190. The van der Waals surface area contributed by atoms with Gasteiger partial charge < -0.3 is 9.90 Å². The van der Waals surface area contributed by atoms with Crippen LogP contribution >= 0.6 is 0 Å². The lowest BCUT2D eigenvalue weighted by Gasteiger charge is -2.19. The molecular weight excluding hydrogens is 206 g/mol. The highest BCUT2D eigenvalue weighted by atomic mass is 19.4. The normalized spacial score (nSPS) is 19.2. The van der Waals surface area contributed by atoms with Gasteiger partial charge in [0.15, 0.2) is 12.3 Å². The van der Waals surface area contributed by atoms with Gasteiger partial charge in [-0.1, -0.05) is 0 Å². The average Bonchev–Trinajstić information content (AvgIpc) is 1.98. The molecule has 0 heterocycles. The Morgan fingerprint density at radius 2 is 1.54 bits per heavy atom. The summed E-state index contributed by atoms with van der Waals surface area (Å²) in [7, 11) is 0. The van der Waals surface area contributed by atoms with Gasteiger partial charge >= 0.3 is 6.18 Å². The summed E-state index contributed by atoms with van der Waals surface area (Å²) in [5, 5.41) is 9.51. The molecule has 0 radical (unpaired) electrons. The maximum absolute atomic E-state index is 12.0. The van der Waals surface area contributed by atoms with E-state index >= 15 is 0 Å². The average molecular weight is 209 g/mol. The Hall–Kier alpha value is -0.950. The van der Waals surface area contributed by atoms with Crippen LogP contribution in [0.1, 0.15) is 0 Å². The molecule has 0 rings (SSSR count). The lowest BCUT2D eigenvalue weighted by Crippen LogP contribution is -2.46. The molecule has 0 aliphatic rings. The third kappa shape index (κ3) is 3.11. The van der Waals surface area contributed by atoms with E-state index in [0.717, 1.165) is 0 Å². The van der Waals surface area contributed by atoms with Gasteiger partial charge in [0.05, 0.1) is 5.97 Å². The summed E-state index contributed by atoms with van der Waals surface area (Å²) in [4.78, 5) is 9.51. The Morgan fingerprint density at radius 1 is 1.15 bits per heavy atom. The molecular formula is C5H3F6O2-. The summed E-state index contributed by atoms with van der Waals surface area (Å²) in [5.41, 5.74) is 0. The number of rotatable bonds is 3. The van der Waals surface area contributed by atoms with Crippen LogP contribution in [0.4, 0.5) is 26.3 Å². The van der Waals surface area contributed by atoms with Gasteiger partial charge in [-0.25, -0.2) is 13.2 Å². The standard InChI is InChI=1S/C5H4F6O2/c6-1(2(7)4(12)13)3(8)5(9,10)11/h1-3H,(H,12,13)/p-1. The van der Waals surface area contributed by atoms with Gasteiger partial charge in [-0.15, -0.1) is 0 Å². The molecule has 78 valence electrons. The molecule has 0 saturated carbocycles. The molecule has 0 fully saturated rings. The van der Waals surface area contributed by atoms with Crippen molar-refractivity contribution in [3.63, 3.8) is 0 Å². The lowest BCUT2D eigenvalue weighted by molar-refractivity contribution is -0.315. The molecule has 3 unspecified atom stereocenters. The fourth-order valence-corrected chi connectivity index (χ4v) is 0.459. The van der Waals surface area contributed by atoms with E-state index in [9.17, 15) is 36.2 Å². The summed E-state index contributed by atoms with van der Waals surface area (Å²) >= 11 is 0. The van der Waals surface area contributed by atoms with Gasteiger partial charge in [0.1, 0.15) is 0 Å². The van der Waals surface area contributed by atoms with Crippen LogP contribution in [-0.2, 0) is 4.79 Å². The van der Waals surface area contributed by atoms with E-state index in [4.69, 9.17) is 0 Å². The van der Waals surface area contributed by atoms with Crippen molar-refractivity contribution < 1.29 is 36.2 Å². The van der Waals surface area contributed by atoms with Crippen LogP contribution in [0.3, 0.4) is 0 Å². The van der Waals surface area contributed by atoms with E-state index in [1.807, 2.05) is 0 Å². The molecule has 0 saturated heterocycles. The van der Waals surface area contributed by atoms with Gasteiger partial charge in [-0.05, 0) is 0 Å². The van der Waals surface area contributed by atoms with Gasteiger partial charge in [-0.2, -0.15) is 13.2 Å². The fraction of sp³-hybridized carbons (Fsp3) is 0.800. The number of alkyl halides is 6. The first-order valence-corrected chi connectivity index (χ1v) is 2.87. The minimum atomic E-state index is -5.63. The van der Waals surface area contributed by atoms with E-state index in [-0.39, 0.29) is 0 Å². The maximum Gasteiger partial charge on any atom is 0.422 e. The number of halogens is 6. The highest BCUT2D eigenvalue weighted by Gasteiger charge is 2.49. The van der Waals surface area contributed by atoms with Crippen LogP contribution < -0.4 is 5.11 Å². The molecule has 0 N–H and O–H groups in total. The van der Waals surface area contributed by atoms with Crippen molar-refractivity contribution in [3.8, 4) is 0 Å². The molecule has 8 heteroatoms. The minimum Gasteiger partial charge on any atom is -0.547 e. The van der Waals surface area contributed by atoms with Gasteiger partial charge in [0.2, 0.25) is 6.17 Å². The largest absolute Gasteiger partial charge is 0.547 e. The van der Waals surface area contributed by atoms with Crippen molar-refractivity contribution in [2.75, 3.05) is 0 Å². The Labute approximate surface area is 68.1 Å². The number of hydrogen-bond acceptors (Lipinski definition) is 2. The van der Waals surface area contributed by atoms with Crippen LogP contribution in [0.15, 0.2) is 0 Å². The number of carboxylic acid groups (broad SMARTS) is 1. The quantitative estimate of drug-likeness (QED) is 0.627. The van der Waals surface area contributed by atoms with Crippen LogP contribution in [-0.4, -0.2) is 30.7 Å². The van der Waals surface area contributed by atoms with E-state index in [2.05, 4.69) is 0 Å². The number of hydrogen-bond donors (Lipinski definition) is 0. The van der Waals surface area contributed by atoms with E-state index in [0.29, 0.717) is 0 Å².